The third-order valence-electron chi connectivity index (χ3n) is 2.25. The number of amides is 1. The van der Waals surface area contributed by atoms with Crippen LogP contribution in [0.15, 0.2) is 35.3 Å². The van der Waals surface area contributed by atoms with E-state index in [2.05, 4.69) is 16.8 Å². The predicted octanol–water partition coefficient (Wildman–Crippen LogP) is 0.755. The Labute approximate surface area is 97.5 Å². The summed E-state index contributed by atoms with van der Waals surface area (Å²) in [5, 5.41) is 0.582. The third kappa shape index (κ3) is 2.52. The fraction of sp³-hybridized carbons (Fsp3) is 0.0769. The minimum absolute atomic E-state index is 0.0170. The molecule has 0 atom stereocenters. The zero-order valence-corrected chi connectivity index (χ0v) is 8.99. The molecule has 0 saturated carbocycles. The lowest BCUT2D eigenvalue weighted by Crippen LogP contribution is -2.08. The first-order valence-corrected chi connectivity index (χ1v) is 5.05. The monoisotopic (exact) mass is 226 g/mol. The van der Waals surface area contributed by atoms with Gasteiger partial charge in [-0.05, 0) is 18.2 Å². The van der Waals surface area contributed by atoms with Gasteiger partial charge < -0.3 is 10.7 Å². The maximum atomic E-state index is 11.6. The summed E-state index contributed by atoms with van der Waals surface area (Å²) >= 11 is 0. The van der Waals surface area contributed by atoms with Gasteiger partial charge in [-0.15, -0.1) is 0 Å². The van der Waals surface area contributed by atoms with E-state index in [-0.39, 0.29) is 11.8 Å². The molecule has 0 aliphatic heterocycles. The summed E-state index contributed by atoms with van der Waals surface area (Å²) in [6.45, 7) is 0. The summed E-state index contributed by atoms with van der Waals surface area (Å²) < 4.78 is 0. The van der Waals surface area contributed by atoms with Crippen LogP contribution in [0, 0.1) is 11.8 Å². The van der Waals surface area contributed by atoms with Crippen LogP contribution in [0.1, 0.15) is 12.0 Å². The van der Waals surface area contributed by atoms with E-state index in [4.69, 9.17) is 5.73 Å². The van der Waals surface area contributed by atoms with Gasteiger partial charge in [0.25, 0.3) is 0 Å². The highest BCUT2D eigenvalue weighted by Gasteiger charge is 1.98. The minimum Gasteiger partial charge on any atom is -0.369 e. The van der Waals surface area contributed by atoms with Gasteiger partial charge in [0, 0.05) is 28.7 Å². The van der Waals surface area contributed by atoms with E-state index in [1.54, 1.807) is 24.4 Å². The van der Waals surface area contributed by atoms with Gasteiger partial charge in [0.15, 0.2) is 5.43 Å². The lowest BCUT2D eigenvalue weighted by Gasteiger charge is -1.96. The topological polar surface area (TPSA) is 76.0 Å². The summed E-state index contributed by atoms with van der Waals surface area (Å²) in [6.07, 6.45) is 1.62. The highest BCUT2D eigenvalue weighted by Crippen LogP contribution is 2.08. The Hall–Kier alpha value is -2.54. The summed E-state index contributed by atoms with van der Waals surface area (Å²) in [4.78, 5) is 25.1. The van der Waals surface area contributed by atoms with Crippen molar-refractivity contribution in [3.05, 3.63) is 46.2 Å². The van der Waals surface area contributed by atoms with Gasteiger partial charge in [-0.1, -0.05) is 11.8 Å². The minimum atomic E-state index is -0.462. The summed E-state index contributed by atoms with van der Waals surface area (Å²) in [5.41, 5.74) is 6.37. The fourth-order valence-electron chi connectivity index (χ4n) is 1.48. The van der Waals surface area contributed by atoms with E-state index in [1.165, 1.54) is 6.07 Å². The molecule has 0 aliphatic rings. The van der Waals surface area contributed by atoms with Gasteiger partial charge in [-0.25, -0.2) is 0 Å². The number of nitrogens with two attached hydrogens (primary N) is 1. The molecule has 3 N–H and O–H groups in total. The number of fused-ring (bicyclic) bond motifs is 1. The van der Waals surface area contributed by atoms with Crippen molar-refractivity contribution in [2.24, 2.45) is 5.73 Å². The standard InChI is InChI=1S/C13H10N2O2/c14-13(17)3-1-2-9-4-5-11-10(8-9)12(16)6-7-15-11/h4-8H,3H2,(H2,14,17)(H,15,16). The number of aromatic amines is 1. The molecule has 1 heterocycles. The van der Waals surface area contributed by atoms with Crippen LogP contribution in [0.5, 0.6) is 0 Å². The van der Waals surface area contributed by atoms with Crippen molar-refractivity contribution in [1.82, 2.24) is 4.98 Å². The molecule has 0 radical (unpaired) electrons. The van der Waals surface area contributed by atoms with Crippen LogP contribution in [-0.4, -0.2) is 10.9 Å². The second kappa shape index (κ2) is 4.54. The zero-order chi connectivity index (χ0) is 12.3. The smallest absolute Gasteiger partial charge is 0.229 e. The lowest BCUT2D eigenvalue weighted by molar-refractivity contribution is -0.117. The molecule has 2 rings (SSSR count). The number of rotatable bonds is 1. The zero-order valence-electron chi connectivity index (χ0n) is 8.99. The number of aromatic nitrogens is 1. The summed E-state index contributed by atoms with van der Waals surface area (Å²) in [5.74, 6) is 4.98. The molecule has 0 unspecified atom stereocenters. The SMILES string of the molecule is NC(=O)CC#Cc1ccc2[nH]ccc(=O)c2c1. The van der Waals surface area contributed by atoms with Crippen LogP contribution in [0.3, 0.4) is 0 Å². The molecule has 0 saturated heterocycles. The van der Waals surface area contributed by atoms with Crippen molar-refractivity contribution in [1.29, 1.82) is 0 Å². The van der Waals surface area contributed by atoms with Crippen LogP contribution in [-0.2, 0) is 4.79 Å². The van der Waals surface area contributed by atoms with Gasteiger partial charge in [0.05, 0.1) is 6.42 Å². The van der Waals surface area contributed by atoms with Crippen LogP contribution in [0.2, 0.25) is 0 Å². The molecule has 4 heteroatoms. The number of H-pyrrole nitrogens is 1. The first-order chi connectivity index (χ1) is 8.16. The maximum Gasteiger partial charge on any atom is 0.229 e. The summed E-state index contributed by atoms with van der Waals surface area (Å²) in [7, 11) is 0. The summed E-state index contributed by atoms with van der Waals surface area (Å²) in [6, 6.07) is 6.72. The largest absolute Gasteiger partial charge is 0.369 e. The first kappa shape index (κ1) is 11.0. The second-order valence-corrected chi connectivity index (χ2v) is 3.55. The van der Waals surface area contributed by atoms with E-state index in [0.29, 0.717) is 10.9 Å². The van der Waals surface area contributed by atoms with E-state index in [1.807, 2.05) is 0 Å². The number of primary amides is 1. The Morgan fingerprint density at radius 2 is 2.18 bits per heavy atom. The molecular formula is C13H10N2O2. The first-order valence-electron chi connectivity index (χ1n) is 5.05. The third-order valence-corrected chi connectivity index (χ3v) is 2.25. The number of pyridine rings is 1. The van der Waals surface area contributed by atoms with Crippen molar-refractivity contribution in [2.45, 2.75) is 6.42 Å². The van der Waals surface area contributed by atoms with Crippen LogP contribution >= 0.6 is 0 Å². The van der Waals surface area contributed by atoms with Gasteiger partial charge in [-0.3, -0.25) is 9.59 Å². The van der Waals surface area contributed by atoms with Gasteiger partial charge in [-0.2, -0.15) is 0 Å². The molecule has 0 aliphatic carbocycles. The van der Waals surface area contributed by atoms with Crippen molar-refractivity contribution in [3.63, 3.8) is 0 Å². The van der Waals surface area contributed by atoms with Crippen LogP contribution in [0.25, 0.3) is 10.9 Å². The number of carbonyl (C=O) groups is 1. The van der Waals surface area contributed by atoms with Crippen molar-refractivity contribution < 1.29 is 4.79 Å². The number of benzene rings is 1. The maximum absolute atomic E-state index is 11.6. The molecule has 1 aromatic carbocycles. The van der Waals surface area contributed by atoms with Crippen LogP contribution < -0.4 is 11.2 Å². The highest BCUT2D eigenvalue weighted by molar-refractivity contribution is 5.80. The molecular weight excluding hydrogens is 216 g/mol. The Morgan fingerprint density at radius 3 is 2.94 bits per heavy atom. The fourth-order valence-corrected chi connectivity index (χ4v) is 1.48. The van der Waals surface area contributed by atoms with Gasteiger partial charge in [0.2, 0.25) is 5.91 Å². The normalized spacial score (nSPS) is 9.65. The van der Waals surface area contributed by atoms with E-state index in [9.17, 15) is 9.59 Å². The quantitative estimate of drug-likeness (QED) is 0.704. The number of nitrogens with one attached hydrogen (secondary N) is 1. The predicted molar refractivity (Wildman–Crippen MR) is 65.3 cm³/mol. The molecule has 1 amide bonds. The average molecular weight is 226 g/mol. The molecule has 0 bridgehead atoms. The molecule has 0 fully saturated rings. The molecule has 2 aromatic rings. The highest BCUT2D eigenvalue weighted by atomic mass is 16.1. The Kier molecular flexibility index (Phi) is 2.93. The molecule has 4 nitrogen and oxygen atoms in total. The van der Waals surface area contributed by atoms with E-state index in [0.717, 1.165) is 5.52 Å². The Balaban J connectivity index is 2.43. The Bertz CT molecular complexity index is 690. The number of hydrogen-bond donors (Lipinski definition) is 2. The van der Waals surface area contributed by atoms with Crippen LogP contribution in [0.4, 0.5) is 0 Å². The van der Waals surface area contributed by atoms with E-state index >= 15 is 0 Å². The Morgan fingerprint density at radius 1 is 1.35 bits per heavy atom. The van der Waals surface area contributed by atoms with Crippen molar-refractivity contribution in [2.75, 3.05) is 0 Å². The molecule has 84 valence electrons. The second-order valence-electron chi connectivity index (χ2n) is 3.55. The number of hydrogen-bond acceptors (Lipinski definition) is 2. The molecule has 17 heavy (non-hydrogen) atoms. The van der Waals surface area contributed by atoms with Gasteiger partial charge in [0.1, 0.15) is 0 Å². The molecule has 0 spiro atoms. The van der Waals surface area contributed by atoms with Gasteiger partial charge >= 0.3 is 0 Å². The lowest BCUT2D eigenvalue weighted by atomic mass is 10.1. The van der Waals surface area contributed by atoms with E-state index < -0.39 is 5.91 Å². The van der Waals surface area contributed by atoms with Crippen molar-refractivity contribution in [3.8, 4) is 11.8 Å². The average Bonchev–Trinajstić information content (AvgIpc) is 2.30. The van der Waals surface area contributed by atoms with Crippen molar-refractivity contribution >= 4 is 16.8 Å². The molecule has 1 aromatic heterocycles. The number of carbonyl (C=O) groups excluding carboxylic acids is 1.